The molecule has 0 radical (unpaired) electrons. The summed E-state index contributed by atoms with van der Waals surface area (Å²) in [4.78, 5) is 14.0. The molecule has 4 nitrogen and oxygen atoms in total. The number of hydrogen-bond donors (Lipinski definition) is 2. The number of thiophene rings is 1. The van der Waals surface area contributed by atoms with Crippen LogP contribution in [0.25, 0.3) is 0 Å². The zero-order valence-corrected chi connectivity index (χ0v) is 14.3. The maximum absolute atomic E-state index is 12.6. The van der Waals surface area contributed by atoms with Crippen LogP contribution in [0.1, 0.15) is 45.4 Å². The van der Waals surface area contributed by atoms with Crippen molar-refractivity contribution in [2.75, 3.05) is 12.4 Å². The topological polar surface area (TPSA) is 50.4 Å². The maximum atomic E-state index is 12.6. The summed E-state index contributed by atoms with van der Waals surface area (Å²) in [6.45, 7) is 0. The van der Waals surface area contributed by atoms with Gasteiger partial charge < -0.3 is 15.4 Å². The minimum atomic E-state index is -0.265. The Balaban J connectivity index is 1.68. The first-order chi connectivity index (χ1) is 11.2. The van der Waals surface area contributed by atoms with E-state index < -0.39 is 0 Å². The number of aryl methyl sites for hydroxylation is 1. The molecule has 23 heavy (non-hydrogen) atoms. The Morgan fingerprint density at radius 3 is 2.87 bits per heavy atom. The predicted octanol–water partition coefficient (Wildman–Crippen LogP) is 4.14. The average Bonchev–Trinajstić information content (AvgIpc) is 2.93. The van der Waals surface area contributed by atoms with Gasteiger partial charge in [0.2, 0.25) is 0 Å². The summed E-state index contributed by atoms with van der Waals surface area (Å²) in [7, 11) is 1.59. The third-order valence-electron chi connectivity index (χ3n) is 4.46. The highest BCUT2D eigenvalue weighted by Crippen LogP contribution is 2.41. The van der Waals surface area contributed by atoms with E-state index in [1.165, 1.54) is 23.3 Å². The Hall–Kier alpha value is -1.72. The van der Waals surface area contributed by atoms with Gasteiger partial charge in [-0.25, -0.2) is 0 Å². The highest BCUT2D eigenvalue weighted by atomic mass is 35.5. The van der Waals surface area contributed by atoms with Gasteiger partial charge >= 0.3 is 0 Å². The summed E-state index contributed by atoms with van der Waals surface area (Å²) in [5.74, 6) is 0.639. The van der Waals surface area contributed by atoms with Gasteiger partial charge in [0, 0.05) is 4.88 Å². The molecule has 1 aromatic heterocycles. The average molecular weight is 349 g/mol. The molecule has 1 aromatic carbocycles. The summed E-state index contributed by atoms with van der Waals surface area (Å²) in [6, 6.07) is 5.57. The Labute approximate surface area is 143 Å². The molecule has 0 saturated heterocycles. The molecule has 6 heteroatoms. The van der Waals surface area contributed by atoms with E-state index in [0.717, 1.165) is 29.0 Å². The molecule has 1 atom stereocenters. The number of halogens is 1. The molecule has 1 aliphatic carbocycles. The van der Waals surface area contributed by atoms with Gasteiger partial charge in [-0.1, -0.05) is 17.7 Å². The maximum Gasteiger partial charge on any atom is 0.256 e. The van der Waals surface area contributed by atoms with Crippen molar-refractivity contribution < 1.29 is 9.53 Å². The zero-order valence-electron chi connectivity index (χ0n) is 12.7. The number of nitrogens with one attached hydrogen (secondary N) is 2. The van der Waals surface area contributed by atoms with Gasteiger partial charge in [-0.2, -0.15) is 0 Å². The summed E-state index contributed by atoms with van der Waals surface area (Å²) in [5.41, 5.74) is 3.01. The monoisotopic (exact) mass is 348 g/mol. The Bertz CT molecular complexity index is 787. The normalized spacial score (nSPS) is 19.4. The van der Waals surface area contributed by atoms with E-state index >= 15 is 0 Å². The Morgan fingerprint density at radius 1 is 1.26 bits per heavy atom. The molecular formula is C17H17ClN2O2S. The molecule has 2 aliphatic rings. The fraction of sp³-hybridized carbons (Fsp3) is 0.353. The number of rotatable bonds is 2. The molecule has 2 N–H and O–H groups in total. The molecule has 0 saturated carbocycles. The van der Waals surface area contributed by atoms with Gasteiger partial charge in [-0.3, -0.25) is 4.79 Å². The molecule has 0 unspecified atom stereocenters. The van der Waals surface area contributed by atoms with Crippen molar-refractivity contribution in [1.82, 2.24) is 5.32 Å². The van der Waals surface area contributed by atoms with E-state index in [-0.39, 0.29) is 12.1 Å². The largest absolute Gasteiger partial charge is 0.495 e. The van der Waals surface area contributed by atoms with Crippen LogP contribution in [0, 0.1) is 0 Å². The summed E-state index contributed by atoms with van der Waals surface area (Å²) < 4.78 is 5.18. The van der Waals surface area contributed by atoms with Crippen LogP contribution in [-0.2, 0) is 12.8 Å². The third kappa shape index (κ3) is 2.48. The second-order valence-electron chi connectivity index (χ2n) is 5.86. The van der Waals surface area contributed by atoms with Crippen molar-refractivity contribution in [1.29, 1.82) is 0 Å². The second kappa shape index (κ2) is 5.73. The van der Waals surface area contributed by atoms with Crippen molar-refractivity contribution in [2.45, 2.75) is 31.8 Å². The Kier molecular flexibility index (Phi) is 3.70. The lowest BCUT2D eigenvalue weighted by molar-refractivity contribution is 0.0935. The molecular weight excluding hydrogens is 332 g/mol. The fourth-order valence-corrected chi connectivity index (χ4v) is 4.89. The van der Waals surface area contributed by atoms with Crippen LogP contribution in [0.5, 0.6) is 5.75 Å². The minimum absolute atomic E-state index is 0.00934. The van der Waals surface area contributed by atoms with E-state index in [2.05, 4.69) is 10.6 Å². The lowest BCUT2D eigenvalue weighted by Crippen LogP contribution is -2.38. The van der Waals surface area contributed by atoms with Crippen molar-refractivity contribution >= 4 is 33.8 Å². The van der Waals surface area contributed by atoms with Crippen LogP contribution in [0.2, 0.25) is 5.02 Å². The van der Waals surface area contributed by atoms with E-state index in [1.54, 1.807) is 18.4 Å². The van der Waals surface area contributed by atoms with E-state index in [9.17, 15) is 4.79 Å². The van der Waals surface area contributed by atoms with Gasteiger partial charge in [0.25, 0.3) is 5.91 Å². The molecule has 2 heterocycles. The molecule has 2 aromatic rings. The first kappa shape index (κ1) is 14.8. The van der Waals surface area contributed by atoms with Crippen LogP contribution in [0.3, 0.4) is 0 Å². The van der Waals surface area contributed by atoms with E-state index in [4.69, 9.17) is 16.3 Å². The minimum Gasteiger partial charge on any atom is -0.495 e. The summed E-state index contributed by atoms with van der Waals surface area (Å²) >= 11 is 7.93. The highest BCUT2D eigenvalue weighted by molar-refractivity contribution is 7.16. The summed E-state index contributed by atoms with van der Waals surface area (Å²) in [5, 5.41) is 8.02. The first-order valence-electron chi connectivity index (χ1n) is 7.72. The van der Waals surface area contributed by atoms with Crippen LogP contribution in [-0.4, -0.2) is 13.0 Å². The van der Waals surface area contributed by atoms with Crippen molar-refractivity contribution in [3.8, 4) is 5.75 Å². The number of ether oxygens (including phenoxy) is 1. The smallest absolute Gasteiger partial charge is 0.256 e. The van der Waals surface area contributed by atoms with Crippen LogP contribution >= 0.6 is 22.9 Å². The third-order valence-corrected chi connectivity index (χ3v) is 5.98. The SMILES string of the molecule is COc1ccc([C@H]2NC(=O)c3c(sc4c3CCCC4)N2)cc1Cl. The number of hydrogen-bond acceptors (Lipinski definition) is 4. The lowest BCUT2D eigenvalue weighted by Gasteiger charge is -2.27. The van der Waals surface area contributed by atoms with Crippen molar-refractivity contribution in [3.05, 3.63) is 44.8 Å². The van der Waals surface area contributed by atoms with Gasteiger partial charge in [0.15, 0.2) is 0 Å². The van der Waals surface area contributed by atoms with Gasteiger partial charge in [0.05, 0.1) is 17.7 Å². The highest BCUT2D eigenvalue weighted by Gasteiger charge is 2.32. The van der Waals surface area contributed by atoms with Gasteiger partial charge in [-0.05, 0) is 48.9 Å². The lowest BCUT2D eigenvalue weighted by atomic mass is 9.94. The number of fused-ring (bicyclic) bond motifs is 3. The van der Waals surface area contributed by atoms with Crippen molar-refractivity contribution in [2.24, 2.45) is 0 Å². The molecule has 0 fully saturated rings. The Morgan fingerprint density at radius 2 is 2.09 bits per heavy atom. The number of amides is 1. The molecule has 1 aliphatic heterocycles. The number of anilines is 1. The number of carbonyl (C=O) groups is 1. The van der Waals surface area contributed by atoms with Gasteiger partial charge in [-0.15, -0.1) is 11.3 Å². The number of carbonyl (C=O) groups excluding carboxylic acids is 1. The van der Waals surface area contributed by atoms with Gasteiger partial charge in [0.1, 0.15) is 16.9 Å². The van der Waals surface area contributed by atoms with Crippen molar-refractivity contribution in [3.63, 3.8) is 0 Å². The number of methoxy groups -OCH3 is 1. The fourth-order valence-electron chi connectivity index (χ4n) is 3.31. The van der Waals surface area contributed by atoms with E-state index in [1.807, 2.05) is 18.2 Å². The van der Waals surface area contributed by atoms with Crippen LogP contribution in [0.15, 0.2) is 18.2 Å². The quantitative estimate of drug-likeness (QED) is 0.857. The van der Waals surface area contributed by atoms with Crippen LogP contribution in [0.4, 0.5) is 5.00 Å². The molecule has 0 bridgehead atoms. The second-order valence-corrected chi connectivity index (χ2v) is 7.37. The summed E-state index contributed by atoms with van der Waals surface area (Å²) in [6.07, 6.45) is 4.21. The molecule has 4 rings (SSSR count). The van der Waals surface area contributed by atoms with E-state index in [0.29, 0.717) is 10.8 Å². The van der Waals surface area contributed by atoms with Crippen LogP contribution < -0.4 is 15.4 Å². The first-order valence-corrected chi connectivity index (χ1v) is 8.92. The number of benzene rings is 1. The standard InChI is InChI=1S/C17H17ClN2O2S/c1-22-12-7-6-9(8-11(12)18)15-19-16(21)14-10-4-2-3-5-13(10)23-17(14)20-15/h6-8,15,20H,2-5H2,1H3,(H,19,21)/t15-/m0/s1. The molecule has 1 amide bonds. The predicted molar refractivity (Wildman–Crippen MR) is 92.8 cm³/mol. The zero-order chi connectivity index (χ0) is 16.0. The molecule has 120 valence electrons. The molecule has 0 spiro atoms.